The van der Waals surface area contributed by atoms with Crippen molar-refractivity contribution in [3.63, 3.8) is 0 Å². The van der Waals surface area contributed by atoms with Gasteiger partial charge in [0.25, 0.3) is 0 Å². The molecule has 0 fully saturated rings. The lowest BCUT2D eigenvalue weighted by atomic mass is 9.80. The summed E-state index contributed by atoms with van der Waals surface area (Å²) in [5.41, 5.74) is 15.3. The molecule has 4 aromatic heterocycles. The fourth-order valence-electron chi connectivity index (χ4n) is 9.00. The number of aromatic nitrogens is 4. The molecule has 6 aromatic carbocycles. The molecule has 236 valence electrons. The minimum absolute atomic E-state index is 0.230. The molecule has 1 aliphatic rings. The summed E-state index contributed by atoms with van der Waals surface area (Å²) in [7, 11) is 0. The van der Waals surface area contributed by atoms with Gasteiger partial charge in [-0.25, -0.2) is 4.98 Å². The van der Waals surface area contributed by atoms with Gasteiger partial charge in [0.2, 0.25) is 0 Å². The molecule has 0 aliphatic heterocycles. The molecule has 50 heavy (non-hydrogen) atoms. The van der Waals surface area contributed by atoms with Gasteiger partial charge in [-0.2, -0.15) is 0 Å². The van der Waals surface area contributed by atoms with E-state index in [0.29, 0.717) is 0 Å². The van der Waals surface area contributed by atoms with Crippen LogP contribution in [0, 0.1) is 0 Å². The number of hydrogen-bond donors (Lipinski definition) is 0. The van der Waals surface area contributed by atoms with E-state index in [0.717, 1.165) is 28.3 Å². The summed E-state index contributed by atoms with van der Waals surface area (Å²) >= 11 is 0. The maximum absolute atomic E-state index is 5.12. The predicted molar refractivity (Wildman–Crippen MR) is 207 cm³/mol. The molecule has 0 N–H and O–H groups in total. The summed E-state index contributed by atoms with van der Waals surface area (Å²) < 4.78 is 7.15. The Kier molecular flexibility index (Phi) is 5.42. The highest BCUT2D eigenvalue weighted by atomic mass is 15.0. The molecule has 0 amide bonds. The number of fused-ring (bicyclic) bond motifs is 13. The lowest BCUT2D eigenvalue weighted by Crippen LogP contribution is -2.15. The van der Waals surface area contributed by atoms with Gasteiger partial charge >= 0.3 is 0 Å². The third-order valence-corrected chi connectivity index (χ3v) is 11.0. The van der Waals surface area contributed by atoms with Crippen molar-refractivity contribution in [3.05, 3.63) is 169 Å². The van der Waals surface area contributed by atoms with E-state index in [4.69, 9.17) is 4.98 Å². The van der Waals surface area contributed by atoms with Gasteiger partial charge in [0.1, 0.15) is 5.65 Å². The zero-order valence-corrected chi connectivity index (χ0v) is 27.8. The Morgan fingerprint density at radius 1 is 0.540 bits per heavy atom. The first-order chi connectivity index (χ1) is 24.6. The van der Waals surface area contributed by atoms with E-state index in [1.165, 1.54) is 65.9 Å². The van der Waals surface area contributed by atoms with Crippen molar-refractivity contribution in [2.45, 2.75) is 19.3 Å². The van der Waals surface area contributed by atoms with Gasteiger partial charge < -0.3 is 13.5 Å². The molecular formula is C46H32N4. The van der Waals surface area contributed by atoms with Crippen LogP contribution in [0.3, 0.4) is 0 Å². The van der Waals surface area contributed by atoms with Gasteiger partial charge in [0.05, 0.1) is 33.4 Å². The highest BCUT2D eigenvalue weighted by Crippen LogP contribution is 2.58. The van der Waals surface area contributed by atoms with Crippen LogP contribution in [0.25, 0.3) is 83.0 Å². The molecule has 4 nitrogen and oxygen atoms in total. The number of hydrogen-bond acceptors (Lipinski definition) is 1. The topological polar surface area (TPSA) is 27.2 Å². The smallest absolute Gasteiger partial charge is 0.137 e. The van der Waals surface area contributed by atoms with Crippen LogP contribution in [-0.2, 0) is 5.41 Å². The SMILES string of the molecule is CC1(C)c2ccccc2-c2c1c1c3ccccc3n(-c3ccccc3-c3cn4ccccc4n3)c1c1c3ccccc3n(-c3ccccc3)c21. The molecular weight excluding hydrogens is 609 g/mol. The summed E-state index contributed by atoms with van der Waals surface area (Å²) in [5.74, 6) is 0. The second kappa shape index (κ2) is 9.83. The molecule has 0 unspecified atom stereocenters. The summed E-state index contributed by atoms with van der Waals surface area (Å²) in [4.78, 5) is 5.12. The van der Waals surface area contributed by atoms with Crippen LogP contribution in [0.4, 0.5) is 0 Å². The van der Waals surface area contributed by atoms with Crippen molar-refractivity contribution < 1.29 is 0 Å². The first-order valence-electron chi connectivity index (χ1n) is 17.3. The summed E-state index contributed by atoms with van der Waals surface area (Å²) in [6, 6.07) is 52.8. The summed E-state index contributed by atoms with van der Waals surface area (Å²) in [6.45, 7) is 4.82. The largest absolute Gasteiger partial charge is 0.309 e. The third kappa shape index (κ3) is 3.47. The number of para-hydroxylation sites is 4. The van der Waals surface area contributed by atoms with Crippen LogP contribution in [0.2, 0.25) is 0 Å². The fourth-order valence-corrected chi connectivity index (χ4v) is 9.00. The van der Waals surface area contributed by atoms with E-state index >= 15 is 0 Å². The molecule has 0 spiro atoms. The van der Waals surface area contributed by atoms with E-state index in [9.17, 15) is 0 Å². The number of benzene rings is 6. The molecule has 1 aliphatic carbocycles. The molecule has 0 radical (unpaired) electrons. The zero-order valence-electron chi connectivity index (χ0n) is 27.8. The molecule has 11 rings (SSSR count). The van der Waals surface area contributed by atoms with Crippen LogP contribution in [0.1, 0.15) is 25.0 Å². The van der Waals surface area contributed by atoms with Gasteiger partial charge in [0, 0.05) is 56.2 Å². The van der Waals surface area contributed by atoms with Gasteiger partial charge in [-0.1, -0.05) is 117 Å². The average Bonchev–Trinajstić information content (AvgIpc) is 3.89. The highest BCUT2D eigenvalue weighted by Gasteiger charge is 2.41. The second-order valence-electron chi connectivity index (χ2n) is 14.0. The second-order valence-corrected chi connectivity index (χ2v) is 14.0. The Hall–Kier alpha value is -6.39. The monoisotopic (exact) mass is 640 g/mol. The minimum atomic E-state index is -0.230. The molecule has 0 atom stereocenters. The molecule has 4 heterocycles. The van der Waals surface area contributed by atoms with Crippen molar-refractivity contribution in [2.24, 2.45) is 0 Å². The van der Waals surface area contributed by atoms with E-state index in [2.05, 4.69) is 179 Å². The Balaban J connectivity index is 1.42. The maximum Gasteiger partial charge on any atom is 0.137 e. The summed E-state index contributed by atoms with van der Waals surface area (Å²) in [6.07, 6.45) is 4.22. The Labute approximate surface area is 289 Å². The lowest BCUT2D eigenvalue weighted by molar-refractivity contribution is 0.667. The quantitative estimate of drug-likeness (QED) is 0.189. The van der Waals surface area contributed by atoms with Crippen LogP contribution < -0.4 is 0 Å². The van der Waals surface area contributed by atoms with Crippen LogP contribution in [0.5, 0.6) is 0 Å². The standard InChI is InChI=1S/C46H32N4/c1-46(2)34-22-10-6-18-30(34)40-43(46)41-32-20-8-13-25-38(32)50(36-23-11-7-19-31(36)35-28-48-27-15-14-26-39(48)47-35)45(41)42-33-21-9-12-24-37(33)49(44(40)42)29-16-4-3-5-17-29/h3-28H,1-2H3. The summed E-state index contributed by atoms with van der Waals surface area (Å²) in [5, 5.41) is 5.11. The first kappa shape index (κ1) is 27.5. The Morgan fingerprint density at radius 3 is 1.98 bits per heavy atom. The van der Waals surface area contributed by atoms with E-state index in [1.54, 1.807) is 0 Å². The van der Waals surface area contributed by atoms with Crippen molar-refractivity contribution in [1.29, 1.82) is 0 Å². The van der Waals surface area contributed by atoms with Crippen molar-refractivity contribution >= 4 is 49.3 Å². The van der Waals surface area contributed by atoms with Crippen LogP contribution in [-0.4, -0.2) is 18.5 Å². The van der Waals surface area contributed by atoms with E-state index in [1.807, 2.05) is 6.07 Å². The van der Waals surface area contributed by atoms with Gasteiger partial charge in [-0.3, -0.25) is 0 Å². The molecule has 4 heteroatoms. The number of pyridine rings is 1. The third-order valence-electron chi connectivity index (χ3n) is 11.0. The maximum atomic E-state index is 5.12. The van der Waals surface area contributed by atoms with Crippen molar-refractivity contribution in [3.8, 4) is 33.8 Å². The van der Waals surface area contributed by atoms with E-state index in [-0.39, 0.29) is 5.41 Å². The van der Waals surface area contributed by atoms with Crippen molar-refractivity contribution in [2.75, 3.05) is 0 Å². The van der Waals surface area contributed by atoms with Gasteiger partial charge in [-0.15, -0.1) is 0 Å². The Bertz CT molecular complexity index is 2970. The first-order valence-corrected chi connectivity index (χ1v) is 17.3. The Morgan fingerprint density at radius 2 is 1.18 bits per heavy atom. The van der Waals surface area contributed by atoms with Gasteiger partial charge in [-0.05, 0) is 59.2 Å². The molecule has 0 saturated carbocycles. The van der Waals surface area contributed by atoms with E-state index < -0.39 is 0 Å². The normalized spacial score (nSPS) is 13.6. The van der Waals surface area contributed by atoms with Crippen molar-refractivity contribution in [1.82, 2.24) is 18.5 Å². The number of imidazole rings is 1. The fraction of sp³-hybridized carbons (Fsp3) is 0.0652. The average molecular weight is 641 g/mol. The minimum Gasteiger partial charge on any atom is -0.309 e. The zero-order chi connectivity index (χ0) is 33.1. The molecule has 0 bridgehead atoms. The van der Waals surface area contributed by atoms with Crippen LogP contribution >= 0.6 is 0 Å². The predicted octanol–water partition coefficient (Wildman–Crippen LogP) is 11.5. The van der Waals surface area contributed by atoms with Gasteiger partial charge in [0.15, 0.2) is 0 Å². The lowest BCUT2D eigenvalue weighted by Gasteiger charge is -2.23. The van der Waals surface area contributed by atoms with Crippen LogP contribution in [0.15, 0.2) is 158 Å². The molecule has 10 aromatic rings. The number of rotatable bonds is 3. The number of nitrogens with zero attached hydrogens (tertiary/aromatic N) is 4. The molecule has 0 saturated heterocycles. The highest BCUT2D eigenvalue weighted by molar-refractivity contribution is 6.31.